The number of carboxylic acids is 1. The van der Waals surface area contributed by atoms with Crippen LogP contribution in [0.15, 0.2) is 11.6 Å². The van der Waals surface area contributed by atoms with E-state index < -0.39 is 5.97 Å². The van der Waals surface area contributed by atoms with Gasteiger partial charge in [-0.1, -0.05) is 33.8 Å². The minimum atomic E-state index is -0.708. The van der Waals surface area contributed by atoms with Crippen molar-refractivity contribution in [2.45, 2.75) is 98.5 Å². The second-order valence-electron chi connectivity index (χ2n) is 12.1. The maximum atomic E-state index is 14.2. The van der Waals surface area contributed by atoms with Gasteiger partial charge in [0.25, 0.3) is 0 Å². The maximum Gasteiger partial charge on any atom is 0.303 e. The van der Waals surface area contributed by atoms with Crippen molar-refractivity contribution in [2.75, 3.05) is 0 Å². The Morgan fingerprint density at radius 1 is 1.10 bits per heavy atom. The zero-order valence-corrected chi connectivity index (χ0v) is 20.1. The van der Waals surface area contributed by atoms with Gasteiger partial charge in [-0.15, -0.1) is 0 Å². The number of carboxylic acid groups (broad SMARTS) is 1. The minimum absolute atomic E-state index is 0.0814. The first-order valence-electron chi connectivity index (χ1n) is 12.6. The number of rotatable bonds is 4. The van der Waals surface area contributed by atoms with E-state index in [2.05, 4.69) is 33.8 Å². The van der Waals surface area contributed by atoms with Crippen LogP contribution < -0.4 is 0 Å². The van der Waals surface area contributed by atoms with Gasteiger partial charge in [-0.05, 0) is 104 Å². The van der Waals surface area contributed by atoms with Crippen LogP contribution in [-0.2, 0) is 9.59 Å². The van der Waals surface area contributed by atoms with E-state index in [1.165, 1.54) is 0 Å². The molecular formula is C27H42O4. The van der Waals surface area contributed by atoms with Crippen molar-refractivity contribution < 1.29 is 19.8 Å². The third-order valence-corrected chi connectivity index (χ3v) is 10.9. The lowest BCUT2D eigenvalue weighted by Crippen LogP contribution is -2.63. The number of fused-ring (bicyclic) bond motifs is 5. The molecule has 4 fully saturated rings. The van der Waals surface area contributed by atoms with Gasteiger partial charge in [0, 0.05) is 11.8 Å². The molecule has 4 saturated carbocycles. The number of Topliss-reactive ketones (excluding diaryl/α,β-unsaturated/α-hetero) is 1. The topological polar surface area (TPSA) is 74.6 Å². The summed E-state index contributed by atoms with van der Waals surface area (Å²) in [7, 11) is 0. The predicted octanol–water partition coefficient (Wildman–Crippen LogP) is 5.63. The summed E-state index contributed by atoms with van der Waals surface area (Å²) in [5.74, 6) is 1.44. The number of allylic oxidation sites excluding steroid dienone is 2. The first kappa shape index (κ1) is 23.0. The Labute approximate surface area is 187 Å². The summed E-state index contributed by atoms with van der Waals surface area (Å²) in [6.07, 6.45) is 9.73. The number of aliphatic hydroxyl groups is 1. The van der Waals surface area contributed by atoms with Crippen LogP contribution in [0.2, 0.25) is 0 Å². The average molecular weight is 431 g/mol. The Bertz CT molecular complexity index is 786. The number of aliphatic hydroxyl groups excluding tert-OH is 1. The van der Waals surface area contributed by atoms with E-state index in [9.17, 15) is 19.8 Å². The van der Waals surface area contributed by atoms with Crippen LogP contribution in [0.25, 0.3) is 0 Å². The highest BCUT2D eigenvalue weighted by molar-refractivity contribution is 6.02. The van der Waals surface area contributed by atoms with Crippen molar-refractivity contribution in [3.8, 4) is 0 Å². The highest BCUT2D eigenvalue weighted by atomic mass is 16.4. The molecule has 31 heavy (non-hydrogen) atoms. The van der Waals surface area contributed by atoms with Gasteiger partial charge in [0.15, 0.2) is 5.78 Å². The zero-order valence-electron chi connectivity index (χ0n) is 20.1. The quantitative estimate of drug-likeness (QED) is 0.567. The molecule has 0 aromatic carbocycles. The average Bonchev–Trinajstić information content (AvgIpc) is 3.07. The molecule has 0 aromatic rings. The van der Waals surface area contributed by atoms with Crippen molar-refractivity contribution in [3.05, 3.63) is 11.6 Å². The second-order valence-corrected chi connectivity index (χ2v) is 12.1. The zero-order chi connectivity index (χ0) is 22.8. The molecule has 4 rings (SSSR count). The summed E-state index contributed by atoms with van der Waals surface area (Å²) in [6.45, 7) is 11.3. The summed E-state index contributed by atoms with van der Waals surface area (Å²) in [5.41, 5.74) is 0.822. The Morgan fingerprint density at radius 3 is 2.39 bits per heavy atom. The SMILES string of the molecule is C/C=C1/C(=O)[C@@]2(C)[C@@H]3CC[C@H]([C@H](C)CCC(=O)O)[C@@]3(C)CC[C@@H]2[C@@]2(C)CC[C@@H](O)C[C@@H]12. The Hall–Kier alpha value is -1.16. The number of hydrogen-bond acceptors (Lipinski definition) is 3. The Balaban J connectivity index is 1.70. The second kappa shape index (κ2) is 7.71. The van der Waals surface area contributed by atoms with E-state index in [0.29, 0.717) is 29.5 Å². The van der Waals surface area contributed by atoms with Crippen LogP contribution in [0.3, 0.4) is 0 Å². The molecule has 0 radical (unpaired) electrons. The molecule has 4 aliphatic rings. The van der Waals surface area contributed by atoms with E-state index in [1.807, 2.05) is 6.92 Å². The standard InChI is InChI=1S/C27H42O4/c1-6-18-20-15-17(28)11-13-26(20,4)22-12-14-25(3)19(16(2)7-10-23(29)30)8-9-21(25)27(22,5)24(18)31/h6,16-17,19-22,28H,7-15H2,1-5H3,(H,29,30)/b18-6+/t16-,17-,19-,20+,21-,22-,25-,26+,27+/m1/s1. The minimum Gasteiger partial charge on any atom is -0.481 e. The molecule has 9 atom stereocenters. The molecule has 4 heteroatoms. The molecular weight excluding hydrogens is 388 g/mol. The van der Waals surface area contributed by atoms with Gasteiger partial charge < -0.3 is 10.2 Å². The van der Waals surface area contributed by atoms with E-state index in [4.69, 9.17) is 0 Å². The lowest BCUT2D eigenvalue weighted by Gasteiger charge is -2.65. The predicted molar refractivity (Wildman–Crippen MR) is 121 cm³/mol. The third-order valence-electron chi connectivity index (χ3n) is 10.9. The number of aliphatic carboxylic acids is 1. The number of carbonyl (C=O) groups excluding carboxylic acids is 1. The monoisotopic (exact) mass is 430 g/mol. The number of hydrogen-bond donors (Lipinski definition) is 2. The van der Waals surface area contributed by atoms with Crippen LogP contribution in [0.5, 0.6) is 0 Å². The van der Waals surface area contributed by atoms with Crippen LogP contribution in [0.1, 0.15) is 92.4 Å². The van der Waals surface area contributed by atoms with E-state index in [1.54, 1.807) is 0 Å². The molecule has 0 aromatic heterocycles. The van der Waals surface area contributed by atoms with Crippen LogP contribution in [-0.4, -0.2) is 28.1 Å². The van der Waals surface area contributed by atoms with Gasteiger partial charge in [-0.25, -0.2) is 0 Å². The van der Waals surface area contributed by atoms with Crippen molar-refractivity contribution >= 4 is 11.8 Å². The molecule has 0 unspecified atom stereocenters. The molecule has 0 heterocycles. The lowest BCUT2D eigenvalue weighted by molar-refractivity contribution is -0.174. The molecule has 0 bridgehead atoms. The Kier molecular flexibility index (Phi) is 5.72. The summed E-state index contributed by atoms with van der Waals surface area (Å²) >= 11 is 0. The van der Waals surface area contributed by atoms with Gasteiger partial charge in [0.05, 0.1) is 6.10 Å². The van der Waals surface area contributed by atoms with Gasteiger partial charge in [-0.2, -0.15) is 0 Å². The van der Waals surface area contributed by atoms with Crippen molar-refractivity contribution in [3.63, 3.8) is 0 Å². The van der Waals surface area contributed by atoms with Crippen molar-refractivity contribution in [1.82, 2.24) is 0 Å². The highest BCUT2D eigenvalue weighted by Crippen LogP contribution is 2.72. The molecule has 174 valence electrons. The van der Waals surface area contributed by atoms with Gasteiger partial charge in [0.1, 0.15) is 0 Å². The molecule has 2 N–H and O–H groups in total. The lowest BCUT2D eigenvalue weighted by atomic mass is 9.38. The smallest absolute Gasteiger partial charge is 0.303 e. The first-order valence-corrected chi connectivity index (χ1v) is 12.6. The summed E-state index contributed by atoms with van der Waals surface area (Å²) < 4.78 is 0. The summed E-state index contributed by atoms with van der Waals surface area (Å²) in [4.78, 5) is 25.3. The first-order chi connectivity index (χ1) is 14.5. The summed E-state index contributed by atoms with van der Waals surface area (Å²) in [5, 5.41) is 19.6. The molecule has 0 amide bonds. The van der Waals surface area contributed by atoms with E-state index in [0.717, 1.165) is 56.9 Å². The summed E-state index contributed by atoms with van der Waals surface area (Å²) in [6, 6.07) is 0. The fourth-order valence-corrected chi connectivity index (χ4v) is 9.44. The van der Waals surface area contributed by atoms with Gasteiger partial charge >= 0.3 is 5.97 Å². The van der Waals surface area contributed by atoms with Crippen LogP contribution >= 0.6 is 0 Å². The largest absolute Gasteiger partial charge is 0.481 e. The third kappa shape index (κ3) is 3.18. The molecule has 4 nitrogen and oxygen atoms in total. The normalized spacial score (nSPS) is 49.3. The van der Waals surface area contributed by atoms with Crippen LogP contribution in [0.4, 0.5) is 0 Å². The molecule has 0 saturated heterocycles. The Morgan fingerprint density at radius 2 is 1.74 bits per heavy atom. The molecule has 0 spiro atoms. The van der Waals surface area contributed by atoms with E-state index >= 15 is 0 Å². The van der Waals surface area contributed by atoms with Crippen LogP contribution in [0, 0.1) is 45.8 Å². The molecule has 0 aliphatic heterocycles. The molecule has 4 aliphatic carbocycles. The number of ketones is 1. The number of carbonyl (C=O) groups is 2. The maximum absolute atomic E-state index is 14.2. The fraction of sp³-hybridized carbons (Fsp3) is 0.852. The fourth-order valence-electron chi connectivity index (χ4n) is 9.44. The van der Waals surface area contributed by atoms with Gasteiger partial charge in [0.2, 0.25) is 0 Å². The highest BCUT2D eigenvalue weighted by Gasteiger charge is 2.69. The van der Waals surface area contributed by atoms with Crippen molar-refractivity contribution in [2.24, 2.45) is 45.8 Å². The van der Waals surface area contributed by atoms with E-state index in [-0.39, 0.29) is 34.7 Å². The van der Waals surface area contributed by atoms with Gasteiger partial charge in [-0.3, -0.25) is 9.59 Å². The van der Waals surface area contributed by atoms with Crippen molar-refractivity contribution in [1.29, 1.82) is 0 Å².